The third-order valence-corrected chi connectivity index (χ3v) is 4.36. The van der Waals surface area contributed by atoms with Gasteiger partial charge in [-0.05, 0) is 47.6 Å². The van der Waals surface area contributed by atoms with Gasteiger partial charge in [0, 0.05) is 0 Å². The van der Waals surface area contributed by atoms with Gasteiger partial charge in [-0.25, -0.2) is 0 Å². The summed E-state index contributed by atoms with van der Waals surface area (Å²) in [6.07, 6.45) is 2.34. The van der Waals surface area contributed by atoms with Crippen molar-refractivity contribution in [2.75, 3.05) is 7.11 Å². The maximum Gasteiger partial charge on any atom is 0.224 e. The second-order valence-electron chi connectivity index (χ2n) is 6.87. The molecule has 0 saturated carbocycles. The Morgan fingerprint density at radius 2 is 1.60 bits per heavy atom. The molecule has 2 aromatic carbocycles. The van der Waals surface area contributed by atoms with Crippen LogP contribution in [0, 0.1) is 5.92 Å². The highest BCUT2D eigenvalue weighted by atomic mass is 16.5. The van der Waals surface area contributed by atoms with Crippen molar-refractivity contribution in [3.8, 4) is 5.75 Å². The van der Waals surface area contributed by atoms with Gasteiger partial charge in [0.15, 0.2) is 0 Å². The van der Waals surface area contributed by atoms with Crippen LogP contribution in [0.3, 0.4) is 0 Å². The zero-order valence-electron chi connectivity index (χ0n) is 15.7. The van der Waals surface area contributed by atoms with E-state index in [1.165, 1.54) is 5.56 Å². The smallest absolute Gasteiger partial charge is 0.224 e. The number of ether oxygens (including phenoxy) is 1. The fourth-order valence-corrected chi connectivity index (χ4v) is 2.91. The average molecular weight is 339 g/mol. The van der Waals surface area contributed by atoms with E-state index in [-0.39, 0.29) is 11.9 Å². The summed E-state index contributed by atoms with van der Waals surface area (Å²) in [4.78, 5) is 12.5. The Kier molecular flexibility index (Phi) is 7.05. The molecule has 3 heteroatoms. The summed E-state index contributed by atoms with van der Waals surface area (Å²) in [6, 6.07) is 16.2. The van der Waals surface area contributed by atoms with E-state index in [0.29, 0.717) is 12.3 Å². The van der Waals surface area contributed by atoms with Gasteiger partial charge in [0.05, 0.1) is 19.6 Å². The van der Waals surface area contributed by atoms with E-state index in [4.69, 9.17) is 4.74 Å². The molecule has 1 atom stereocenters. The molecule has 0 spiro atoms. The first-order valence-corrected chi connectivity index (χ1v) is 9.03. The first kappa shape index (κ1) is 19.0. The molecule has 0 fully saturated rings. The van der Waals surface area contributed by atoms with E-state index >= 15 is 0 Å². The largest absolute Gasteiger partial charge is 0.497 e. The fraction of sp³-hybridized carbons (Fsp3) is 0.409. The molecule has 3 nitrogen and oxygen atoms in total. The lowest BCUT2D eigenvalue weighted by Crippen LogP contribution is -2.30. The second-order valence-corrected chi connectivity index (χ2v) is 6.87. The van der Waals surface area contributed by atoms with E-state index in [0.717, 1.165) is 29.7 Å². The summed E-state index contributed by atoms with van der Waals surface area (Å²) >= 11 is 0. The molecule has 0 aromatic heterocycles. The van der Waals surface area contributed by atoms with Gasteiger partial charge < -0.3 is 10.1 Å². The summed E-state index contributed by atoms with van der Waals surface area (Å²) in [5, 5.41) is 3.20. The van der Waals surface area contributed by atoms with Gasteiger partial charge in [-0.2, -0.15) is 0 Å². The molecule has 1 amide bonds. The number of benzene rings is 2. The van der Waals surface area contributed by atoms with Crippen LogP contribution in [0.2, 0.25) is 0 Å². The normalized spacial score (nSPS) is 12.0. The highest BCUT2D eigenvalue weighted by Gasteiger charge is 2.16. The Balaban J connectivity index is 2.05. The standard InChI is InChI=1S/C22H29NO2/c1-5-17-6-8-18(9-7-17)15-22(24)23-21(14-16(2)3)19-10-12-20(25-4)13-11-19/h6-13,16,21H,5,14-15H2,1-4H3,(H,23,24). The molecule has 134 valence electrons. The summed E-state index contributed by atoms with van der Waals surface area (Å²) in [6.45, 7) is 6.48. The van der Waals surface area contributed by atoms with Crippen molar-refractivity contribution < 1.29 is 9.53 Å². The number of hydrogen-bond acceptors (Lipinski definition) is 2. The summed E-state index contributed by atoms with van der Waals surface area (Å²) < 4.78 is 5.22. The number of nitrogens with one attached hydrogen (secondary N) is 1. The predicted molar refractivity (Wildman–Crippen MR) is 103 cm³/mol. The molecule has 0 aliphatic heterocycles. The van der Waals surface area contributed by atoms with Crippen LogP contribution in [0.25, 0.3) is 0 Å². The molecule has 2 aromatic rings. The molecule has 0 bridgehead atoms. The third-order valence-electron chi connectivity index (χ3n) is 4.36. The maximum atomic E-state index is 12.5. The number of aryl methyl sites for hydroxylation is 1. The fourth-order valence-electron chi connectivity index (χ4n) is 2.91. The lowest BCUT2D eigenvalue weighted by atomic mass is 9.96. The van der Waals surface area contributed by atoms with Crippen molar-refractivity contribution in [2.45, 2.75) is 46.1 Å². The van der Waals surface area contributed by atoms with Crippen molar-refractivity contribution in [2.24, 2.45) is 5.92 Å². The zero-order valence-corrected chi connectivity index (χ0v) is 15.7. The maximum absolute atomic E-state index is 12.5. The van der Waals surface area contributed by atoms with Gasteiger partial charge >= 0.3 is 0 Å². The summed E-state index contributed by atoms with van der Waals surface area (Å²) in [5.74, 6) is 1.39. The van der Waals surface area contributed by atoms with Gasteiger partial charge in [0.1, 0.15) is 5.75 Å². The van der Waals surface area contributed by atoms with Crippen molar-refractivity contribution in [1.29, 1.82) is 0 Å². The molecule has 0 aliphatic rings. The van der Waals surface area contributed by atoms with Gasteiger partial charge in [-0.15, -0.1) is 0 Å². The Morgan fingerprint density at radius 1 is 1.00 bits per heavy atom. The Hall–Kier alpha value is -2.29. The highest BCUT2D eigenvalue weighted by molar-refractivity contribution is 5.79. The van der Waals surface area contributed by atoms with Crippen LogP contribution >= 0.6 is 0 Å². The molecule has 0 saturated heterocycles. The van der Waals surface area contributed by atoms with E-state index < -0.39 is 0 Å². The minimum atomic E-state index is 0.0216. The molecule has 0 heterocycles. The topological polar surface area (TPSA) is 38.3 Å². The van der Waals surface area contributed by atoms with Crippen molar-refractivity contribution in [1.82, 2.24) is 5.32 Å². The Labute approximate surface area is 151 Å². The number of carbonyl (C=O) groups is 1. The number of hydrogen-bond donors (Lipinski definition) is 1. The number of rotatable bonds is 8. The van der Waals surface area contributed by atoms with E-state index in [9.17, 15) is 4.79 Å². The predicted octanol–water partition coefficient (Wildman–Crippen LogP) is 4.70. The quantitative estimate of drug-likeness (QED) is 0.757. The first-order chi connectivity index (χ1) is 12.0. The minimum absolute atomic E-state index is 0.0216. The molecule has 0 radical (unpaired) electrons. The van der Waals surface area contributed by atoms with E-state index in [2.05, 4.69) is 38.2 Å². The highest BCUT2D eigenvalue weighted by Crippen LogP contribution is 2.23. The van der Waals surface area contributed by atoms with Crippen molar-refractivity contribution in [3.63, 3.8) is 0 Å². The lowest BCUT2D eigenvalue weighted by Gasteiger charge is -2.21. The summed E-state index contributed by atoms with van der Waals surface area (Å²) in [5.41, 5.74) is 3.46. The van der Waals surface area contributed by atoms with E-state index in [1.54, 1.807) is 7.11 Å². The molecular weight excluding hydrogens is 310 g/mol. The molecule has 2 rings (SSSR count). The van der Waals surface area contributed by atoms with Crippen LogP contribution < -0.4 is 10.1 Å². The van der Waals surface area contributed by atoms with E-state index in [1.807, 2.05) is 36.4 Å². The SMILES string of the molecule is CCc1ccc(CC(=O)NC(CC(C)C)c2ccc(OC)cc2)cc1. The lowest BCUT2D eigenvalue weighted by molar-refractivity contribution is -0.121. The van der Waals surface area contributed by atoms with Crippen LogP contribution in [0.1, 0.15) is 49.9 Å². The van der Waals surface area contributed by atoms with Crippen LogP contribution in [0.5, 0.6) is 5.75 Å². The minimum Gasteiger partial charge on any atom is -0.497 e. The zero-order chi connectivity index (χ0) is 18.2. The molecule has 0 aliphatic carbocycles. The van der Waals surface area contributed by atoms with Gasteiger partial charge in [-0.3, -0.25) is 4.79 Å². The number of amides is 1. The van der Waals surface area contributed by atoms with Crippen molar-refractivity contribution >= 4 is 5.91 Å². The monoisotopic (exact) mass is 339 g/mol. The summed E-state index contributed by atoms with van der Waals surface area (Å²) in [7, 11) is 1.66. The number of carbonyl (C=O) groups excluding carboxylic acids is 1. The molecule has 25 heavy (non-hydrogen) atoms. The van der Waals surface area contributed by atoms with Crippen LogP contribution in [0.15, 0.2) is 48.5 Å². The van der Waals surface area contributed by atoms with Crippen molar-refractivity contribution in [3.05, 3.63) is 65.2 Å². The molecular formula is C22H29NO2. The third kappa shape index (κ3) is 5.93. The van der Waals surface area contributed by atoms with Crippen LogP contribution in [-0.4, -0.2) is 13.0 Å². The Bertz CT molecular complexity index is 659. The van der Waals surface area contributed by atoms with Crippen LogP contribution in [-0.2, 0) is 17.6 Å². The molecule has 1 unspecified atom stereocenters. The molecule has 1 N–H and O–H groups in total. The first-order valence-electron chi connectivity index (χ1n) is 9.03. The second kappa shape index (κ2) is 9.26. The van der Waals surface area contributed by atoms with Gasteiger partial charge in [0.2, 0.25) is 5.91 Å². The average Bonchev–Trinajstić information content (AvgIpc) is 2.61. The van der Waals surface area contributed by atoms with Gasteiger partial charge in [-0.1, -0.05) is 57.2 Å². The number of methoxy groups -OCH3 is 1. The van der Waals surface area contributed by atoms with Gasteiger partial charge in [0.25, 0.3) is 0 Å². The van der Waals surface area contributed by atoms with Crippen LogP contribution in [0.4, 0.5) is 0 Å². The Morgan fingerprint density at radius 3 is 2.12 bits per heavy atom.